The summed E-state index contributed by atoms with van der Waals surface area (Å²) in [5.74, 6) is -1.43. The summed E-state index contributed by atoms with van der Waals surface area (Å²) in [6.45, 7) is 2.20. The highest BCUT2D eigenvalue weighted by molar-refractivity contribution is 5.88. The fourth-order valence-electron chi connectivity index (χ4n) is 2.25. The number of benzene rings is 1. The van der Waals surface area contributed by atoms with E-state index in [1.165, 1.54) is 7.11 Å². The Balaban J connectivity index is 2.04. The average molecular weight is 263 g/mol. The second kappa shape index (κ2) is 5.84. The van der Waals surface area contributed by atoms with Crippen LogP contribution in [0.1, 0.15) is 12.5 Å². The fraction of sp³-hybridized carbons (Fsp3) is 0.429. The predicted molar refractivity (Wildman–Crippen MR) is 68.1 cm³/mol. The average Bonchev–Trinajstić information content (AvgIpc) is 2.71. The van der Waals surface area contributed by atoms with Gasteiger partial charge in [0.2, 0.25) is 0 Å². The van der Waals surface area contributed by atoms with Crippen molar-refractivity contribution in [3.05, 3.63) is 35.9 Å². The normalized spacial score (nSPS) is 26.0. The maximum Gasteiger partial charge on any atom is 0.324 e. The molecule has 1 aromatic carbocycles. The summed E-state index contributed by atoms with van der Waals surface area (Å²) in [4.78, 5) is 23.4. The van der Waals surface area contributed by atoms with Gasteiger partial charge in [-0.05, 0) is 12.5 Å². The van der Waals surface area contributed by atoms with Crippen molar-refractivity contribution in [1.29, 1.82) is 0 Å². The summed E-state index contributed by atoms with van der Waals surface area (Å²) in [7, 11) is 1.31. The van der Waals surface area contributed by atoms with E-state index in [0.29, 0.717) is 6.54 Å². The molecule has 5 nitrogen and oxygen atoms in total. The maximum absolute atomic E-state index is 11.7. The summed E-state index contributed by atoms with van der Waals surface area (Å²) in [6.07, 6.45) is -0.465. The Bertz CT molecular complexity index is 460. The number of carbonyl (C=O) groups excluding carboxylic acids is 2. The number of cyclic esters (lactones) is 1. The van der Waals surface area contributed by atoms with Gasteiger partial charge in [0, 0.05) is 6.54 Å². The Hall–Kier alpha value is -1.88. The first-order valence-electron chi connectivity index (χ1n) is 6.19. The number of hydrogen-bond donors (Lipinski definition) is 1. The molecule has 19 heavy (non-hydrogen) atoms. The Morgan fingerprint density at radius 2 is 2.05 bits per heavy atom. The second-order valence-corrected chi connectivity index (χ2v) is 4.54. The largest absolute Gasteiger partial charge is 0.469 e. The van der Waals surface area contributed by atoms with E-state index in [1.54, 1.807) is 6.92 Å². The molecule has 0 aliphatic carbocycles. The Labute approximate surface area is 111 Å². The van der Waals surface area contributed by atoms with Crippen molar-refractivity contribution >= 4 is 11.9 Å². The number of hydrogen-bond acceptors (Lipinski definition) is 5. The zero-order valence-electron chi connectivity index (χ0n) is 11.0. The highest BCUT2D eigenvalue weighted by atomic mass is 16.6. The molecular formula is C14H17NO4. The van der Waals surface area contributed by atoms with Gasteiger partial charge in [-0.15, -0.1) is 0 Å². The van der Waals surface area contributed by atoms with Gasteiger partial charge in [0.15, 0.2) is 0 Å². The zero-order chi connectivity index (χ0) is 13.8. The Morgan fingerprint density at radius 3 is 2.68 bits per heavy atom. The minimum Gasteiger partial charge on any atom is -0.469 e. The van der Waals surface area contributed by atoms with Crippen molar-refractivity contribution < 1.29 is 19.1 Å². The summed E-state index contributed by atoms with van der Waals surface area (Å²) in [5.41, 5.74) is 1.04. The van der Waals surface area contributed by atoms with Crippen LogP contribution in [0.25, 0.3) is 0 Å². The Morgan fingerprint density at radius 1 is 1.37 bits per heavy atom. The first-order chi connectivity index (χ1) is 9.13. The van der Waals surface area contributed by atoms with Gasteiger partial charge in [0.1, 0.15) is 18.1 Å². The lowest BCUT2D eigenvalue weighted by Crippen LogP contribution is -2.43. The molecule has 3 atom stereocenters. The van der Waals surface area contributed by atoms with Crippen LogP contribution in [0.4, 0.5) is 0 Å². The molecule has 0 radical (unpaired) electrons. The molecule has 0 unspecified atom stereocenters. The number of ether oxygens (including phenoxy) is 2. The Kier molecular flexibility index (Phi) is 4.16. The molecule has 1 heterocycles. The van der Waals surface area contributed by atoms with Gasteiger partial charge in [0.05, 0.1) is 7.11 Å². The zero-order valence-corrected chi connectivity index (χ0v) is 11.0. The van der Waals surface area contributed by atoms with E-state index in [9.17, 15) is 9.59 Å². The summed E-state index contributed by atoms with van der Waals surface area (Å²) >= 11 is 0. The molecule has 102 valence electrons. The first-order valence-corrected chi connectivity index (χ1v) is 6.19. The number of rotatable bonds is 4. The van der Waals surface area contributed by atoms with Crippen LogP contribution in [-0.4, -0.2) is 31.2 Å². The van der Waals surface area contributed by atoms with Crippen molar-refractivity contribution in [2.24, 2.45) is 5.92 Å². The molecule has 0 aromatic heterocycles. The molecule has 5 heteroatoms. The fourth-order valence-corrected chi connectivity index (χ4v) is 2.25. The van der Waals surface area contributed by atoms with Crippen molar-refractivity contribution in [3.8, 4) is 0 Å². The highest BCUT2D eigenvalue weighted by Gasteiger charge is 2.47. The van der Waals surface area contributed by atoms with E-state index < -0.39 is 30.0 Å². The van der Waals surface area contributed by atoms with Gasteiger partial charge in [-0.25, -0.2) is 0 Å². The van der Waals surface area contributed by atoms with Gasteiger partial charge in [-0.3, -0.25) is 14.9 Å². The third kappa shape index (κ3) is 2.93. The van der Waals surface area contributed by atoms with Gasteiger partial charge in [-0.1, -0.05) is 30.3 Å². The number of carbonyl (C=O) groups is 2. The van der Waals surface area contributed by atoms with Crippen molar-refractivity contribution in [2.75, 3.05) is 7.11 Å². The number of esters is 2. The summed E-state index contributed by atoms with van der Waals surface area (Å²) < 4.78 is 9.82. The quantitative estimate of drug-likeness (QED) is 0.817. The molecule has 1 aliphatic rings. The van der Waals surface area contributed by atoms with E-state index >= 15 is 0 Å². The van der Waals surface area contributed by atoms with Crippen LogP contribution >= 0.6 is 0 Å². The van der Waals surface area contributed by atoms with Crippen LogP contribution in [0.3, 0.4) is 0 Å². The predicted octanol–water partition coefficient (Wildman–Crippen LogP) is 0.879. The van der Waals surface area contributed by atoms with Crippen molar-refractivity contribution in [3.63, 3.8) is 0 Å². The van der Waals surface area contributed by atoms with Crippen LogP contribution < -0.4 is 5.32 Å². The van der Waals surface area contributed by atoms with Crippen LogP contribution in [-0.2, 0) is 25.6 Å². The third-order valence-electron chi connectivity index (χ3n) is 3.26. The lowest BCUT2D eigenvalue weighted by molar-refractivity contribution is -0.147. The van der Waals surface area contributed by atoms with Gasteiger partial charge < -0.3 is 9.47 Å². The number of methoxy groups -OCH3 is 1. The van der Waals surface area contributed by atoms with Crippen molar-refractivity contribution in [1.82, 2.24) is 5.32 Å². The lowest BCUT2D eigenvalue weighted by atomic mass is 9.97. The highest BCUT2D eigenvalue weighted by Crippen LogP contribution is 2.24. The van der Waals surface area contributed by atoms with Crippen LogP contribution in [0.15, 0.2) is 30.3 Å². The minimum absolute atomic E-state index is 0.404. The summed E-state index contributed by atoms with van der Waals surface area (Å²) in [5, 5.41) is 3.07. The molecule has 1 N–H and O–H groups in total. The van der Waals surface area contributed by atoms with E-state index in [0.717, 1.165) is 5.56 Å². The molecule has 1 aromatic rings. The minimum atomic E-state index is -0.650. The van der Waals surface area contributed by atoms with Crippen LogP contribution in [0.5, 0.6) is 0 Å². The molecule has 2 rings (SSSR count). The lowest BCUT2D eigenvalue weighted by Gasteiger charge is -2.17. The summed E-state index contributed by atoms with van der Waals surface area (Å²) in [6, 6.07) is 9.01. The topological polar surface area (TPSA) is 64.6 Å². The molecular weight excluding hydrogens is 246 g/mol. The second-order valence-electron chi connectivity index (χ2n) is 4.54. The van der Waals surface area contributed by atoms with Gasteiger partial charge in [0.25, 0.3) is 0 Å². The maximum atomic E-state index is 11.7. The van der Waals surface area contributed by atoms with Crippen LogP contribution in [0, 0.1) is 5.92 Å². The van der Waals surface area contributed by atoms with E-state index in [4.69, 9.17) is 9.47 Å². The molecule has 0 saturated carbocycles. The molecule has 1 saturated heterocycles. The van der Waals surface area contributed by atoms with Crippen molar-refractivity contribution in [2.45, 2.75) is 25.6 Å². The molecule has 0 spiro atoms. The van der Waals surface area contributed by atoms with E-state index in [1.807, 2.05) is 30.3 Å². The van der Waals surface area contributed by atoms with Gasteiger partial charge in [-0.2, -0.15) is 0 Å². The third-order valence-corrected chi connectivity index (χ3v) is 3.26. The smallest absolute Gasteiger partial charge is 0.324 e. The van der Waals surface area contributed by atoms with Gasteiger partial charge >= 0.3 is 11.9 Å². The van der Waals surface area contributed by atoms with E-state index in [2.05, 4.69) is 5.32 Å². The molecule has 0 bridgehead atoms. The molecule has 1 fully saturated rings. The monoisotopic (exact) mass is 263 g/mol. The molecule has 0 amide bonds. The first kappa shape index (κ1) is 13.5. The SMILES string of the molecule is COC(=O)[C@H]1[C@H](NCc2ccccc2)C(=O)O[C@@H]1C. The number of nitrogens with one attached hydrogen (secondary N) is 1. The van der Waals surface area contributed by atoms with E-state index in [-0.39, 0.29) is 0 Å². The molecule has 1 aliphatic heterocycles. The van der Waals surface area contributed by atoms with Crippen LogP contribution in [0.2, 0.25) is 0 Å². The standard InChI is InChI=1S/C14H17NO4/c1-9-11(13(16)18-2)12(14(17)19-9)15-8-10-6-4-3-5-7-10/h3-7,9,11-12,15H,8H2,1-2H3/t9-,11-,12+/m1/s1.